The highest BCUT2D eigenvalue weighted by Gasteiger charge is 2.34. The van der Waals surface area contributed by atoms with Crippen molar-refractivity contribution in [3.05, 3.63) is 29.6 Å². The normalized spacial score (nSPS) is 12.9. The molecule has 6 heteroatoms. The van der Waals surface area contributed by atoms with Crippen LogP contribution in [0.4, 0.5) is 22.0 Å². The molecule has 1 aromatic rings. The molecule has 0 saturated heterocycles. The monoisotopic (exact) mass is 225 g/mol. The number of hydrogen-bond acceptors (Lipinski definition) is 1. The first-order chi connectivity index (χ1) is 6.77. The van der Waals surface area contributed by atoms with E-state index in [0.717, 1.165) is 0 Å². The molecule has 0 atom stereocenters. The van der Waals surface area contributed by atoms with E-state index in [1.165, 1.54) is 6.92 Å². The zero-order chi connectivity index (χ0) is 11.7. The SMILES string of the molecule is CCC(F)(F)c1ccc(C(F)(F)F)cn1. The summed E-state index contributed by atoms with van der Waals surface area (Å²) in [6.07, 6.45) is -4.63. The summed E-state index contributed by atoms with van der Waals surface area (Å²) in [5, 5.41) is 0. The van der Waals surface area contributed by atoms with Crippen molar-refractivity contribution in [1.82, 2.24) is 4.98 Å². The molecule has 0 radical (unpaired) electrons. The Morgan fingerprint density at radius 2 is 1.73 bits per heavy atom. The van der Waals surface area contributed by atoms with Crippen LogP contribution in [0, 0.1) is 0 Å². The van der Waals surface area contributed by atoms with E-state index in [-0.39, 0.29) is 0 Å². The second-order valence-corrected chi connectivity index (χ2v) is 2.99. The van der Waals surface area contributed by atoms with Gasteiger partial charge in [-0.3, -0.25) is 4.98 Å². The zero-order valence-corrected chi connectivity index (χ0v) is 7.78. The molecule has 0 amide bonds. The topological polar surface area (TPSA) is 12.9 Å². The average molecular weight is 225 g/mol. The van der Waals surface area contributed by atoms with Gasteiger partial charge in [-0.05, 0) is 12.1 Å². The van der Waals surface area contributed by atoms with E-state index in [4.69, 9.17) is 0 Å². The highest BCUT2D eigenvalue weighted by molar-refractivity contribution is 5.19. The minimum absolute atomic E-state index is 0.416. The predicted octanol–water partition coefficient (Wildman–Crippen LogP) is 3.60. The maximum absolute atomic E-state index is 13.0. The third-order valence-corrected chi connectivity index (χ3v) is 1.91. The molecule has 1 rings (SSSR count). The Hall–Kier alpha value is -1.20. The van der Waals surface area contributed by atoms with Gasteiger partial charge in [0.1, 0.15) is 5.69 Å². The van der Waals surface area contributed by atoms with Gasteiger partial charge in [0, 0.05) is 12.6 Å². The Bertz CT molecular complexity index is 327. The standard InChI is InChI=1S/C9H8F5N/c1-2-8(10,11)7-4-3-6(5-15-7)9(12,13)14/h3-5H,2H2,1H3. The van der Waals surface area contributed by atoms with Crippen LogP contribution in [0.5, 0.6) is 0 Å². The third kappa shape index (κ3) is 2.64. The van der Waals surface area contributed by atoms with Crippen molar-refractivity contribution in [2.45, 2.75) is 25.4 Å². The van der Waals surface area contributed by atoms with Gasteiger partial charge >= 0.3 is 6.18 Å². The average Bonchev–Trinajstić information content (AvgIpc) is 2.17. The molecule has 1 nitrogen and oxygen atoms in total. The Kier molecular flexibility index (Phi) is 2.97. The second-order valence-electron chi connectivity index (χ2n) is 2.99. The molecule has 0 unspecified atom stereocenters. The maximum atomic E-state index is 13.0. The summed E-state index contributed by atoms with van der Waals surface area (Å²) in [6.45, 7) is 1.24. The first-order valence-corrected chi connectivity index (χ1v) is 4.19. The van der Waals surface area contributed by atoms with E-state index in [0.29, 0.717) is 18.3 Å². The fourth-order valence-corrected chi connectivity index (χ4v) is 0.959. The minimum Gasteiger partial charge on any atom is -0.254 e. The molecule has 0 aromatic carbocycles. The Balaban J connectivity index is 3.01. The van der Waals surface area contributed by atoms with Crippen LogP contribution in [-0.2, 0) is 12.1 Å². The number of pyridine rings is 1. The highest BCUT2D eigenvalue weighted by Crippen LogP contribution is 2.32. The van der Waals surface area contributed by atoms with Crippen LogP contribution in [0.15, 0.2) is 18.3 Å². The van der Waals surface area contributed by atoms with E-state index in [2.05, 4.69) is 4.98 Å². The number of alkyl halides is 5. The first kappa shape index (κ1) is 11.9. The van der Waals surface area contributed by atoms with Crippen molar-refractivity contribution in [3.63, 3.8) is 0 Å². The van der Waals surface area contributed by atoms with Crippen LogP contribution in [0.1, 0.15) is 24.6 Å². The van der Waals surface area contributed by atoms with Crippen LogP contribution < -0.4 is 0 Å². The molecule has 0 N–H and O–H groups in total. The molecule has 0 bridgehead atoms. The lowest BCUT2D eigenvalue weighted by molar-refractivity contribution is -0.138. The van der Waals surface area contributed by atoms with Gasteiger partial charge in [-0.2, -0.15) is 22.0 Å². The fraction of sp³-hybridized carbons (Fsp3) is 0.444. The molecule has 1 heterocycles. The fourth-order valence-electron chi connectivity index (χ4n) is 0.959. The van der Waals surface area contributed by atoms with Crippen molar-refractivity contribution >= 4 is 0 Å². The van der Waals surface area contributed by atoms with E-state index in [1.54, 1.807) is 0 Å². The smallest absolute Gasteiger partial charge is 0.254 e. The molecular formula is C9H8F5N. The number of halogens is 5. The summed E-state index contributed by atoms with van der Waals surface area (Å²) in [5.74, 6) is -3.18. The van der Waals surface area contributed by atoms with E-state index < -0.39 is 29.8 Å². The van der Waals surface area contributed by atoms with Gasteiger partial charge in [0.15, 0.2) is 0 Å². The number of hydrogen-bond donors (Lipinski definition) is 0. The van der Waals surface area contributed by atoms with Crippen LogP contribution in [0.25, 0.3) is 0 Å². The molecular weight excluding hydrogens is 217 g/mol. The van der Waals surface area contributed by atoms with Gasteiger partial charge in [0.25, 0.3) is 5.92 Å². The predicted molar refractivity (Wildman–Crippen MR) is 43.4 cm³/mol. The molecule has 15 heavy (non-hydrogen) atoms. The lowest BCUT2D eigenvalue weighted by atomic mass is 10.1. The minimum atomic E-state index is -4.55. The second kappa shape index (κ2) is 3.75. The summed E-state index contributed by atoms with van der Waals surface area (Å²) in [6, 6.07) is 1.30. The molecule has 0 fully saturated rings. The molecule has 1 aromatic heterocycles. The summed E-state index contributed by atoms with van der Waals surface area (Å²) in [4.78, 5) is 3.12. The van der Waals surface area contributed by atoms with Crippen molar-refractivity contribution in [1.29, 1.82) is 0 Å². The third-order valence-electron chi connectivity index (χ3n) is 1.91. The van der Waals surface area contributed by atoms with Gasteiger partial charge < -0.3 is 0 Å². The van der Waals surface area contributed by atoms with E-state index >= 15 is 0 Å². The van der Waals surface area contributed by atoms with Gasteiger partial charge in [-0.15, -0.1) is 0 Å². The van der Waals surface area contributed by atoms with Crippen molar-refractivity contribution in [2.24, 2.45) is 0 Å². The van der Waals surface area contributed by atoms with Gasteiger partial charge in [-0.1, -0.05) is 6.92 Å². The molecule has 84 valence electrons. The van der Waals surface area contributed by atoms with E-state index in [9.17, 15) is 22.0 Å². The van der Waals surface area contributed by atoms with Crippen LogP contribution in [0.3, 0.4) is 0 Å². The number of nitrogens with zero attached hydrogens (tertiary/aromatic N) is 1. The summed E-state index contributed by atoms with van der Waals surface area (Å²) >= 11 is 0. The van der Waals surface area contributed by atoms with Gasteiger partial charge in [0.2, 0.25) is 0 Å². The van der Waals surface area contributed by atoms with Crippen molar-refractivity contribution in [3.8, 4) is 0 Å². The van der Waals surface area contributed by atoms with E-state index in [1.807, 2.05) is 0 Å². The van der Waals surface area contributed by atoms with Crippen LogP contribution in [0.2, 0.25) is 0 Å². The number of rotatable bonds is 2. The van der Waals surface area contributed by atoms with Crippen LogP contribution >= 0.6 is 0 Å². The Morgan fingerprint density at radius 3 is 2.07 bits per heavy atom. The summed E-state index contributed by atoms with van der Waals surface area (Å²) in [5.41, 5.74) is -1.67. The van der Waals surface area contributed by atoms with Crippen LogP contribution in [-0.4, -0.2) is 4.98 Å². The first-order valence-electron chi connectivity index (χ1n) is 4.19. The Labute approximate surface area is 82.9 Å². The highest BCUT2D eigenvalue weighted by atomic mass is 19.4. The zero-order valence-electron chi connectivity index (χ0n) is 7.78. The number of aromatic nitrogens is 1. The van der Waals surface area contributed by atoms with Gasteiger partial charge in [-0.25, -0.2) is 0 Å². The Morgan fingerprint density at radius 1 is 1.13 bits per heavy atom. The van der Waals surface area contributed by atoms with Gasteiger partial charge in [0.05, 0.1) is 5.56 Å². The lowest BCUT2D eigenvalue weighted by Gasteiger charge is -2.13. The molecule has 0 spiro atoms. The maximum Gasteiger partial charge on any atom is 0.417 e. The molecule has 0 aliphatic heterocycles. The summed E-state index contributed by atoms with van der Waals surface area (Å²) in [7, 11) is 0. The lowest BCUT2D eigenvalue weighted by Crippen LogP contribution is -2.15. The van der Waals surface area contributed by atoms with Crippen molar-refractivity contribution < 1.29 is 22.0 Å². The molecule has 0 aliphatic carbocycles. The molecule has 0 saturated carbocycles. The largest absolute Gasteiger partial charge is 0.417 e. The summed E-state index contributed by atoms with van der Waals surface area (Å²) < 4.78 is 62.2. The van der Waals surface area contributed by atoms with Crippen molar-refractivity contribution in [2.75, 3.05) is 0 Å². The quantitative estimate of drug-likeness (QED) is 0.700. The molecule has 0 aliphatic rings.